The van der Waals surface area contributed by atoms with Gasteiger partial charge in [0.2, 0.25) is 0 Å². The topological polar surface area (TPSA) is 57.6 Å². The molecule has 1 unspecified atom stereocenters. The minimum absolute atomic E-state index is 0.172. The highest BCUT2D eigenvalue weighted by Gasteiger charge is 2.33. The molecule has 4 nitrogen and oxygen atoms in total. The molecule has 0 fully saturated rings. The molecule has 3 aromatic rings. The molecule has 0 saturated carbocycles. The van der Waals surface area contributed by atoms with Crippen LogP contribution in [0.3, 0.4) is 0 Å². The number of carbonyl (C=O) groups is 2. The summed E-state index contributed by atoms with van der Waals surface area (Å²) >= 11 is 2.05. The number of benzene rings is 3. The van der Waals surface area contributed by atoms with Gasteiger partial charge in [0.05, 0.1) is 5.56 Å². The van der Waals surface area contributed by atoms with Gasteiger partial charge in [-0.25, -0.2) is 4.79 Å². The summed E-state index contributed by atoms with van der Waals surface area (Å²) in [6, 6.07) is 18.0. The van der Waals surface area contributed by atoms with E-state index in [0.29, 0.717) is 16.7 Å². The van der Waals surface area contributed by atoms with Crippen LogP contribution in [0.4, 0.5) is 13.2 Å². The Hall–Kier alpha value is -2.88. The zero-order valence-electron chi connectivity index (χ0n) is 16.0. The summed E-state index contributed by atoms with van der Waals surface area (Å²) in [6.07, 6.45) is -4.48. The maximum atomic E-state index is 13.3. The molecule has 1 atom stereocenters. The first-order chi connectivity index (χ1) is 14.7. The summed E-state index contributed by atoms with van der Waals surface area (Å²) in [5, 5.41) is 9.93. The zero-order chi connectivity index (χ0) is 22.6. The van der Waals surface area contributed by atoms with E-state index in [1.165, 1.54) is 12.1 Å². The highest BCUT2D eigenvalue weighted by atomic mass is 127. The molecule has 3 aromatic carbocycles. The predicted molar refractivity (Wildman–Crippen MR) is 117 cm³/mol. The van der Waals surface area contributed by atoms with Crippen molar-refractivity contribution in [1.29, 1.82) is 0 Å². The third-order valence-corrected chi connectivity index (χ3v) is 5.30. The van der Waals surface area contributed by atoms with Crippen molar-refractivity contribution in [2.24, 2.45) is 0 Å². The number of hydrogen-bond donors (Lipinski definition) is 1. The van der Waals surface area contributed by atoms with Crippen LogP contribution in [0.1, 0.15) is 33.1 Å². The zero-order valence-corrected chi connectivity index (χ0v) is 18.2. The Morgan fingerprint density at radius 3 is 2.13 bits per heavy atom. The van der Waals surface area contributed by atoms with E-state index in [4.69, 9.17) is 0 Å². The first-order valence-corrected chi connectivity index (χ1v) is 10.2. The number of halogens is 4. The Kier molecular flexibility index (Phi) is 6.99. The van der Waals surface area contributed by atoms with E-state index in [1.807, 2.05) is 22.6 Å². The first-order valence-electron chi connectivity index (χ1n) is 9.17. The van der Waals surface area contributed by atoms with Crippen molar-refractivity contribution in [1.82, 2.24) is 4.90 Å². The smallest absolute Gasteiger partial charge is 0.416 e. The summed E-state index contributed by atoms with van der Waals surface area (Å²) in [6.45, 7) is -0.172. The van der Waals surface area contributed by atoms with Gasteiger partial charge in [-0.15, -0.1) is 0 Å². The highest BCUT2D eigenvalue weighted by Crippen LogP contribution is 2.30. The SMILES string of the molecule is O=C(O)C(c1ccccc1)N(Cc1ccc(C(F)(F)F)cc1)C(=O)c1cccc(I)c1. The monoisotopic (exact) mass is 539 g/mol. The van der Waals surface area contributed by atoms with E-state index in [9.17, 15) is 27.9 Å². The molecule has 0 heterocycles. The average Bonchev–Trinajstić information content (AvgIpc) is 2.73. The first kappa shape index (κ1) is 22.8. The number of carbonyl (C=O) groups excluding carboxylic acids is 1. The fraction of sp³-hybridized carbons (Fsp3) is 0.130. The van der Waals surface area contributed by atoms with E-state index >= 15 is 0 Å². The van der Waals surface area contributed by atoms with Crippen LogP contribution in [0.25, 0.3) is 0 Å². The largest absolute Gasteiger partial charge is 0.479 e. The van der Waals surface area contributed by atoms with Crippen molar-refractivity contribution >= 4 is 34.5 Å². The molecule has 31 heavy (non-hydrogen) atoms. The standard InChI is InChI=1S/C23H17F3INO3/c24-23(25,26)18-11-9-15(10-12-18)14-28(21(29)17-7-4-8-19(27)13-17)20(22(30)31)16-5-2-1-3-6-16/h1-13,20H,14H2,(H,30,31). The van der Waals surface area contributed by atoms with E-state index in [-0.39, 0.29) is 6.54 Å². The highest BCUT2D eigenvalue weighted by molar-refractivity contribution is 14.1. The fourth-order valence-electron chi connectivity index (χ4n) is 3.15. The predicted octanol–water partition coefficient (Wildman–Crippen LogP) is 5.78. The van der Waals surface area contributed by atoms with Crippen LogP contribution in [-0.4, -0.2) is 21.9 Å². The van der Waals surface area contributed by atoms with Crippen LogP contribution in [0.2, 0.25) is 0 Å². The maximum Gasteiger partial charge on any atom is 0.416 e. The summed E-state index contributed by atoms with van der Waals surface area (Å²) < 4.78 is 39.4. The van der Waals surface area contributed by atoms with Crippen molar-refractivity contribution in [2.45, 2.75) is 18.8 Å². The molecular formula is C23H17F3INO3. The molecule has 0 aliphatic rings. The van der Waals surface area contributed by atoms with Gasteiger partial charge in [-0.05, 0) is 64.0 Å². The molecule has 1 N–H and O–H groups in total. The Morgan fingerprint density at radius 1 is 0.935 bits per heavy atom. The van der Waals surface area contributed by atoms with Crippen LogP contribution in [0, 0.1) is 3.57 Å². The average molecular weight is 539 g/mol. The Labute approximate surface area is 190 Å². The van der Waals surface area contributed by atoms with E-state index in [0.717, 1.165) is 20.6 Å². The molecule has 8 heteroatoms. The molecule has 0 aromatic heterocycles. The third kappa shape index (κ3) is 5.63. The molecule has 1 amide bonds. The van der Waals surface area contributed by atoms with Crippen LogP contribution >= 0.6 is 22.6 Å². The van der Waals surface area contributed by atoms with Gasteiger partial charge in [0, 0.05) is 15.7 Å². The lowest BCUT2D eigenvalue weighted by Crippen LogP contribution is -2.38. The molecule has 0 aliphatic heterocycles. The number of carboxylic acid groups (broad SMARTS) is 1. The fourth-order valence-corrected chi connectivity index (χ4v) is 3.70. The van der Waals surface area contributed by atoms with Crippen LogP contribution in [-0.2, 0) is 17.5 Å². The Balaban J connectivity index is 2.03. The second kappa shape index (κ2) is 9.51. The molecule has 0 spiro atoms. The molecule has 0 radical (unpaired) electrons. The van der Waals surface area contributed by atoms with Crippen molar-refractivity contribution < 1.29 is 27.9 Å². The second-order valence-corrected chi connectivity index (χ2v) is 8.04. The van der Waals surface area contributed by atoms with Gasteiger partial charge in [-0.1, -0.05) is 48.5 Å². The van der Waals surface area contributed by atoms with Gasteiger partial charge in [0.1, 0.15) is 0 Å². The summed E-state index contributed by atoms with van der Waals surface area (Å²) in [7, 11) is 0. The van der Waals surface area contributed by atoms with Gasteiger partial charge in [0.15, 0.2) is 6.04 Å². The number of aliphatic carboxylic acids is 1. The van der Waals surface area contributed by atoms with E-state index in [1.54, 1.807) is 54.6 Å². The number of rotatable bonds is 6. The van der Waals surface area contributed by atoms with Crippen molar-refractivity contribution in [3.8, 4) is 0 Å². The number of carboxylic acids is 1. The summed E-state index contributed by atoms with van der Waals surface area (Å²) in [5.74, 6) is -1.77. The van der Waals surface area contributed by atoms with E-state index < -0.39 is 29.7 Å². The second-order valence-electron chi connectivity index (χ2n) is 6.79. The summed E-state index contributed by atoms with van der Waals surface area (Å²) in [5.41, 5.74) is 0.251. The van der Waals surface area contributed by atoms with Gasteiger partial charge in [-0.2, -0.15) is 13.2 Å². The van der Waals surface area contributed by atoms with Gasteiger partial charge >= 0.3 is 12.1 Å². The number of hydrogen-bond acceptors (Lipinski definition) is 2. The molecule has 0 aliphatic carbocycles. The lowest BCUT2D eigenvalue weighted by Gasteiger charge is -2.30. The minimum Gasteiger partial charge on any atom is -0.479 e. The normalized spacial score (nSPS) is 12.3. The third-order valence-electron chi connectivity index (χ3n) is 4.63. The molecular weight excluding hydrogens is 522 g/mol. The van der Waals surface area contributed by atoms with Gasteiger partial charge < -0.3 is 10.0 Å². The lowest BCUT2D eigenvalue weighted by molar-refractivity contribution is -0.143. The van der Waals surface area contributed by atoms with Crippen molar-refractivity contribution in [3.63, 3.8) is 0 Å². The molecule has 3 rings (SSSR count). The maximum absolute atomic E-state index is 13.3. The van der Waals surface area contributed by atoms with E-state index in [2.05, 4.69) is 0 Å². The van der Waals surface area contributed by atoms with Crippen molar-refractivity contribution in [3.05, 3.63) is 105 Å². The lowest BCUT2D eigenvalue weighted by atomic mass is 10.0. The number of amides is 1. The summed E-state index contributed by atoms with van der Waals surface area (Å²) in [4.78, 5) is 26.7. The van der Waals surface area contributed by atoms with Gasteiger partial charge in [-0.3, -0.25) is 4.79 Å². The van der Waals surface area contributed by atoms with Crippen LogP contribution in [0.5, 0.6) is 0 Å². The number of alkyl halides is 3. The van der Waals surface area contributed by atoms with Gasteiger partial charge in [0.25, 0.3) is 5.91 Å². The molecule has 160 valence electrons. The Morgan fingerprint density at radius 2 is 1.58 bits per heavy atom. The Bertz CT molecular complexity index is 1070. The van der Waals surface area contributed by atoms with Crippen molar-refractivity contribution in [2.75, 3.05) is 0 Å². The minimum atomic E-state index is -4.48. The molecule has 0 bridgehead atoms. The van der Waals surface area contributed by atoms with Crippen LogP contribution in [0.15, 0.2) is 78.9 Å². The quantitative estimate of drug-likeness (QED) is 0.405. The van der Waals surface area contributed by atoms with Crippen LogP contribution < -0.4 is 0 Å². The molecule has 0 saturated heterocycles. The number of nitrogens with zero attached hydrogens (tertiary/aromatic N) is 1.